The van der Waals surface area contributed by atoms with E-state index in [4.69, 9.17) is 5.73 Å². The SMILES string of the molecule is CCC(Sc1nc(C)nc2scc(-c3ccc(C(C)C)cc3)c12)C(N)=O. The summed E-state index contributed by atoms with van der Waals surface area (Å²) >= 11 is 3.05. The van der Waals surface area contributed by atoms with Crippen LogP contribution < -0.4 is 5.73 Å². The van der Waals surface area contributed by atoms with Crippen molar-refractivity contribution in [2.45, 2.75) is 50.3 Å². The Morgan fingerprint density at radius 3 is 2.50 bits per heavy atom. The summed E-state index contributed by atoms with van der Waals surface area (Å²) in [6, 6.07) is 8.64. The number of thiophene rings is 1. The van der Waals surface area contributed by atoms with Crippen LogP contribution in [0.3, 0.4) is 0 Å². The lowest BCUT2D eigenvalue weighted by molar-refractivity contribution is -0.117. The minimum absolute atomic E-state index is 0.288. The molecule has 0 fully saturated rings. The number of thioether (sulfide) groups is 1. The van der Waals surface area contributed by atoms with E-state index in [1.807, 2.05) is 13.8 Å². The van der Waals surface area contributed by atoms with Gasteiger partial charge in [-0.3, -0.25) is 4.79 Å². The van der Waals surface area contributed by atoms with Crippen molar-refractivity contribution in [2.24, 2.45) is 5.73 Å². The van der Waals surface area contributed by atoms with E-state index in [9.17, 15) is 4.79 Å². The molecule has 0 aliphatic rings. The minimum Gasteiger partial charge on any atom is -0.369 e. The fraction of sp³-hybridized carbons (Fsp3) is 0.350. The van der Waals surface area contributed by atoms with E-state index in [0.29, 0.717) is 18.2 Å². The average Bonchev–Trinajstić information content (AvgIpc) is 3.03. The van der Waals surface area contributed by atoms with Crippen molar-refractivity contribution in [1.29, 1.82) is 0 Å². The molecule has 2 heterocycles. The summed E-state index contributed by atoms with van der Waals surface area (Å²) in [5.74, 6) is 0.907. The van der Waals surface area contributed by atoms with Crippen LogP contribution in [0.2, 0.25) is 0 Å². The van der Waals surface area contributed by atoms with Crippen LogP contribution in [0.15, 0.2) is 34.7 Å². The fourth-order valence-corrected chi connectivity index (χ4v) is 4.95. The lowest BCUT2D eigenvalue weighted by Gasteiger charge is -2.12. The number of hydrogen-bond acceptors (Lipinski definition) is 5. The molecule has 1 amide bonds. The number of benzene rings is 1. The second-order valence-corrected chi connectivity index (χ2v) is 8.65. The Hall–Kier alpha value is -1.92. The monoisotopic (exact) mass is 385 g/mol. The van der Waals surface area contributed by atoms with E-state index in [1.165, 1.54) is 17.3 Å². The number of carbonyl (C=O) groups is 1. The first-order valence-corrected chi connectivity index (χ1v) is 10.5. The summed E-state index contributed by atoms with van der Waals surface area (Å²) in [5, 5.41) is 3.69. The predicted molar refractivity (Wildman–Crippen MR) is 111 cm³/mol. The van der Waals surface area contributed by atoms with Crippen molar-refractivity contribution >= 4 is 39.2 Å². The van der Waals surface area contributed by atoms with Crippen molar-refractivity contribution in [3.8, 4) is 11.1 Å². The maximum atomic E-state index is 11.7. The molecular formula is C20H23N3OS2. The van der Waals surface area contributed by atoms with E-state index in [2.05, 4.69) is 53.5 Å². The van der Waals surface area contributed by atoms with Crippen molar-refractivity contribution in [1.82, 2.24) is 9.97 Å². The van der Waals surface area contributed by atoms with Gasteiger partial charge in [-0.15, -0.1) is 11.3 Å². The van der Waals surface area contributed by atoms with Gasteiger partial charge in [-0.2, -0.15) is 0 Å². The highest BCUT2D eigenvalue weighted by atomic mass is 32.2. The fourth-order valence-electron chi connectivity index (χ4n) is 2.83. The number of rotatable bonds is 6. The third kappa shape index (κ3) is 3.76. The number of nitrogens with two attached hydrogens (primary N) is 1. The zero-order chi connectivity index (χ0) is 18.8. The molecule has 3 rings (SSSR count). The molecule has 0 spiro atoms. The van der Waals surface area contributed by atoms with Crippen molar-refractivity contribution < 1.29 is 4.79 Å². The number of aryl methyl sites for hydroxylation is 1. The molecule has 1 unspecified atom stereocenters. The molecule has 2 aromatic heterocycles. The van der Waals surface area contributed by atoms with Crippen LogP contribution in [0.4, 0.5) is 0 Å². The number of aromatic nitrogens is 2. The van der Waals surface area contributed by atoms with Gasteiger partial charge in [-0.1, -0.05) is 56.8 Å². The summed E-state index contributed by atoms with van der Waals surface area (Å²) in [6.07, 6.45) is 0.674. The molecule has 2 N–H and O–H groups in total. The Labute approximate surface area is 162 Å². The molecule has 3 aromatic rings. The Bertz CT molecular complexity index is 932. The quantitative estimate of drug-likeness (QED) is 0.471. The van der Waals surface area contributed by atoms with Crippen molar-refractivity contribution in [2.75, 3.05) is 0 Å². The molecule has 4 nitrogen and oxygen atoms in total. The van der Waals surface area contributed by atoms with Crippen LogP contribution in [0.5, 0.6) is 0 Å². The van der Waals surface area contributed by atoms with Gasteiger partial charge in [0.25, 0.3) is 0 Å². The van der Waals surface area contributed by atoms with Crippen LogP contribution in [-0.4, -0.2) is 21.1 Å². The lowest BCUT2D eigenvalue weighted by Crippen LogP contribution is -2.25. The number of fused-ring (bicyclic) bond motifs is 1. The maximum absolute atomic E-state index is 11.7. The van der Waals surface area contributed by atoms with E-state index in [1.54, 1.807) is 11.3 Å². The standard InChI is InChI=1S/C20H23N3OS2/c1-5-16(18(21)24)26-20-17-15(10-25-19(17)22-12(4)23-20)14-8-6-13(7-9-14)11(2)3/h6-11,16H,5H2,1-4H3,(H2,21,24). The number of amides is 1. The first-order chi connectivity index (χ1) is 12.4. The molecule has 6 heteroatoms. The van der Waals surface area contributed by atoms with Crippen molar-refractivity contribution in [3.05, 3.63) is 41.0 Å². The summed E-state index contributed by atoms with van der Waals surface area (Å²) in [4.78, 5) is 21.9. The molecule has 0 bridgehead atoms. The van der Waals surface area contributed by atoms with Crippen LogP contribution in [-0.2, 0) is 4.79 Å². The molecular weight excluding hydrogens is 362 g/mol. The third-order valence-corrected chi connectivity index (χ3v) is 6.58. The first kappa shape index (κ1) is 18.9. The van der Waals surface area contributed by atoms with E-state index < -0.39 is 0 Å². The number of primary amides is 1. The second-order valence-electron chi connectivity index (χ2n) is 6.60. The van der Waals surface area contributed by atoms with Gasteiger partial charge in [0.2, 0.25) is 5.91 Å². The minimum atomic E-state index is -0.306. The molecule has 1 aromatic carbocycles. The highest BCUT2D eigenvalue weighted by molar-refractivity contribution is 8.00. The Balaban J connectivity index is 2.11. The first-order valence-electron chi connectivity index (χ1n) is 8.72. The highest BCUT2D eigenvalue weighted by Gasteiger charge is 2.21. The number of hydrogen-bond donors (Lipinski definition) is 1. The number of nitrogens with zero attached hydrogens (tertiary/aromatic N) is 2. The maximum Gasteiger partial charge on any atom is 0.230 e. The second kappa shape index (κ2) is 7.76. The summed E-state index contributed by atoms with van der Waals surface area (Å²) < 4.78 is 0. The molecule has 0 saturated heterocycles. The molecule has 26 heavy (non-hydrogen) atoms. The van der Waals surface area contributed by atoms with Crippen LogP contribution in [0.25, 0.3) is 21.3 Å². The largest absolute Gasteiger partial charge is 0.369 e. The zero-order valence-electron chi connectivity index (χ0n) is 15.4. The van der Waals surface area contributed by atoms with Gasteiger partial charge < -0.3 is 5.73 Å². The summed E-state index contributed by atoms with van der Waals surface area (Å²) in [7, 11) is 0. The van der Waals surface area contributed by atoms with Gasteiger partial charge in [-0.05, 0) is 30.4 Å². The molecule has 0 saturated carbocycles. The van der Waals surface area contributed by atoms with Gasteiger partial charge in [-0.25, -0.2) is 9.97 Å². The molecule has 0 aliphatic carbocycles. The van der Waals surface area contributed by atoms with Gasteiger partial charge >= 0.3 is 0 Å². The van der Waals surface area contributed by atoms with Gasteiger partial charge in [0.1, 0.15) is 15.7 Å². The Morgan fingerprint density at radius 2 is 1.92 bits per heavy atom. The van der Waals surface area contributed by atoms with Gasteiger partial charge in [0.15, 0.2) is 0 Å². The Kier molecular flexibility index (Phi) is 5.63. The van der Waals surface area contributed by atoms with E-state index >= 15 is 0 Å². The van der Waals surface area contributed by atoms with Crippen molar-refractivity contribution in [3.63, 3.8) is 0 Å². The lowest BCUT2D eigenvalue weighted by atomic mass is 9.99. The van der Waals surface area contributed by atoms with Crippen LogP contribution in [0, 0.1) is 6.92 Å². The topological polar surface area (TPSA) is 68.9 Å². The number of carbonyl (C=O) groups excluding carboxylic acids is 1. The van der Waals surface area contributed by atoms with Crippen LogP contribution >= 0.6 is 23.1 Å². The highest BCUT2D eigenvalue weighted by Crippen LogP contribution is 2.40. The van der Waals surface area contributed by atoms with Gasteiger partial charge in [0.05, 0.1) is 10.6 Å². The molecule has 1 atom stereocenters. The molecule has 0 aliphatic heterocycles. The molecule has 136 valence electrons. The van der Waals surface area contributed by atoms with Gasteiger partial charge in [0, 0.05) is 10.9 Å². The smallest absolute Gasteiger partial charge is 0.230 e. The Morgan fingerprint density at radius 1 is 1.23 bits per heavy atom. The normalized spacial score (nSPS) is 12.7. The van der Waals surface area contributed by atoms with Crippen LogP contribution in [0.1, 0.15) is 44.5 Å². The van der Waals surface area contributed by atoms with E-state index in [0.717, 1.165) is 26.4 Å². The summed E-state index contributed by atoms with van der Waals surface area (Å²) in [6.45, 7) is 8.22. The predicted octanol–water partition coefficient (Wildman–Crippen LogP) is 5.15. The molecule has 0 radical (unpaired) electrons. The third-order valence-electron chi connectivity index (χ3n) is 4.34. The zero-order valence-corrected chi connectivity index (χ0v) is 17.1. The average molecular weight is 386 g/mol. The summed E-state index contributed by atoms with van der Waals surface area (Å²) in [5.41, 5.74) is 9.11. The van der Waals surface area contributed by atoms with E-state index in [-0.39, 0.29) is 11.2 Å².